The van der Waals surface area contributed by atoms with Crippen LogP contribution in [0, 0.1) is 0 Å². The van der Waals surface area contributed by atoms with Crippen LogP contribution in [-0.2, 0) is 0 Å². The van der Waals surface area contributed by atoms with Gasteiger partial charge in [-0.1, -0.05) is 11.3 Å². The standard InChI is InChI=1S/C13H11N5OS2/c14-8-7-2-1-5-15-12(7)20-9(8)10(19)16-13-18-17-11(21-13)6-3-4-6/h1-2,5-6H,3-4,14H2,(H,16,18,19). The quantitative estimate of drug-likeness (QED) is 0.774. The number of amides is 1. The molecule has 1 aliphatic rings. The molecule has 3 N–H and O–H groups in total. The maximum absolute atomic E-state index is 12.3. The average Bonchev–Trinajstić information content (AvgIpc) is 3.15. The summed E-state index contributed by atoms with van der Waals surface area (Å²) in [5, 5.41) is 13.2. The zero-order valence-electron chi connectivity index (χ0n) is 10.9. The smallest absolute Gasteiger partial charge is 0.269 e. The van der Waals surface area contributed by atoms with Crippen molar-refractivity contribution in [1.29, 1.82) is 0 Å². The summed E-state index contributed by atoms with van der Waals surface area (Å²) in [6.07, 6.45) is 4.02. The Morgan fingerprint density at radius 1 is 1.33 bits per heavy atom. The van der Waals surface area contributed by atoms with E-state index in [2.05, 4.69) is 20.5 Å². The first kappa shape index (κ1) is 12.7. The molecule has 6 nitrogen and oxygen atoms in total. The molecular weight excluding hydrogens is 306 g/mol. The van der Waals surface area contributed by atoms with Gasteiger partial charge in [0, 0.05) is 17.5 Å². The maximum Gasteiger partial charge on any atom is 0.269 e. The average molecular weight is 317 g/mol. The Kier molecular flexibility index (Phi) is 2.86. The van der Waals surface area contributed by atoms with Gasteiger partial charge in [0.25, 0.3) is 5.91 Å². The number of anilines is 2. The number of fused-ring (bicyclic) bond motifs is 1. The SMILES string of the molecule is Nc1c(C(=O)Nc2nnc(C3CC3)s2)sc2ncccc12. The predicted molar refractivity (Wildman–Crippen MR) is 83.9 cm³/mol. The van der Waals surface area contributed by atoms with E-state index in [1.807, 2.05) is 6.07 Å². The Balaban J connectivity index is 1.61. The van der Waals surface area contributed by atoms with Crippen LogP contribution in [0.15, 0.2) is 18.3 Å². The number of nitrogen functional groups attached to an aromatic ring is 1. The Labute approximate surface area is 128 Å². The molecule has 0 unspecified atom stereocenters. The molecule has 0 radical (unpaired) electrons. The van der Waals surface area contributed by atoms with Gasteiger partial charge in [-0.05, 0) is 25.0 Å². The molecule has 0 aromatic carbocycles. The van der Waals surface area contributed by atoms with E-state index in [9.17, 15) is 4.79 Å². The molecule has 106 valence electrons. The Bertz CT molecular complexity index is 836. The molecule has 21 heavy (non-hydrogen) atoms. The number of rotatable bonds is 3. The number of nitrogens with two attached hydrogens (primary N) is 1. The number of aromatic nitrogens is 3. The van der Waals surface area contributed by atoms with E-state index in [4.69, 9.17) is 5.73 Å². The molecule has 0 atom stereocenters. The van der Waals surface area contributed by atoms with Gasteiger partial charge in [-0.2, -0.15) is 0 Å². The van der Waals surface area contributed by atoms with Gasteiger partial charge in [0.2, 0.25) is 5.13 Å². The monoisotopic (exact) mass is 317 g/mol. The number of nitrogens with one attached hydrogen (secondary N) is 1. The van der Waals surface area contributed by atoms with Gasteiger partial charge in [-0.3, -0.25) is 10.1 Å². The summed E-state index contributed by atoms with van der Waals surface area (Å²) in [6.45, 7) is 0. The summed E-state index contributed by atoms with van der Waals surface area (Å²) >= 11 is 2.72. The highest BCUT2D eigenvalue weighted by Crippen LogP contribution is 2.42. The van der Waals surface area contributed by atoms with Crippen LogP contribution < -0.4 is 11.1 Å². The van der Waals surface area contributed by atoms with E-state index in [1.54, 1.807) is 12.3 Å². The molecule has 3 aromatic heterocycles. The lowest BCUT2D eigenvalue weighted by Crippen LogP contribution is -2.11. The molecule has 4 rings (SSSR count). The van der Waals surface area contributed by atoms with Gasteiger partial charge >= 0.3 is 0 Å². The van der Waals surface area contributed by atoms with E-state index in [-0.39, 0.29) is 5.91 Å². The molecule has 0 spiro atoms. The number of hydrogen-bond acceptors (Lipinski definition) is 7. The molecule has 0 saturated heterocycles. The second-order valence-electron chi connectivity index (χ2n) is 4.87. The molecule has 3 heterocycles. The van der Waals surface area contributed by atoms with Crippen molar-refractivity contribution in [1.82, 2.24) is 15.2 Å². The third-order valence-corrected chi connectivity index (χ3v) is 5.43. The zero-order chi connectivity index (χ0) is 14.4. The van der Waals surface area contributed by atoms with Gasteiger partial charge in [-0.15, -0.1) is 21.5 Å². The van der Waals surface area contributed by atoms with E-state index >= 15 is 0 Å². The fraction of sp³-hybridized carbons (Fsp3) is 0.231. The van der Waals surface area contributed by atoms with Crippen molar-refractivity contribution in [2.45, 2.75) is 18.8 Å². The Hall–Kier alpha value is -2.06. The first-order chi connectivity index (χ1) is 10.2. The molecule has 0 bridgehead atoms. The fourth-order valence-electron chi connectivity index (χ4n) is 2.05. The van der Waals surface area contributed by atoms with E-state index in [1.165, 1.54) is 22.7 Å². The van der Waals surface area contributed by atoms with Crippen molar-refractivity contribution in [3.8, 4) is 0 Å². The van der Waals surface area contributed by atoms with E-state index in [0.717, 1.165) is 28.1 Å². The van der Waals surface area contributed by atoms with Gasteiger partial charge in [-0.25, -0.2) is 4.98 Å². The third kappa shape index (κ3) is 2.26. The van der Waals surface area contributed by atoms with Crippen molar-refractivity contribution in [2.24, 2.45) is 0 Å². The lowest BCUT2D eigenvalue weighted by Gasteiger charge is -1.99. The lowest BCUT2D eigenvalue weighted by atomic mass is 10.2. The van der Waals surface area contributed by atoms with Crippen molar-refractivity contribution >= 4 is 49.6 Å². The molecule has 1 aliphatic carbocycles. The molecule has 1 fully saturated rings. The van der Waals surface area contributed by atoms with Gasteiger partial charge in [0.15, 0.2) is 0 Å². The van der Waals surface area contributed by atoms with Gasteiger partial charge < -0.3 is 5.73 Å². The molecule has 3 aromatic rings. The fourth-order valence-corrected chi connectivity index (χ4v) is 3.92. The number of nitrogens with zero attached hydrogens (tertiary/aromatic N) is 3. The van der Waals surface area contributed by atoms with Crippen LogP contribution in [-0.4, -0.2) is 21.1 Å². The summed E-state index contributed by atoms with van der Waals surface area (Å²) in [5.74, 6) is 0.278. The normalized spacial score (nSPS) is 14.5. The number of carbonyl (C=O) groups is 1. The van der Waals surface area contributed by atoms with Crippen molar-refractivity contribution < 1.29 is 4.79 Å². The Morgan fingerprint density at radius 2 is 2.19 bits per heavy atom. The maximum atomic E-state index is 12.3. The number of carbonyl (C=O) groups excluding carboxylic acids is 1. The Morgan fingerprint density at radius 3 is 2.95 bits per heavy atom. The van der Waals surface area contributed by atoms with Crippen LogP contribution in [0.2, 0.25) is 0 Å². The highest BCUT2D eigenvalue weighted by Gasteiger charge is 2.28. The summed E-state index contributed by atoms with van der Waals surface area (Å²) in [6, 6.07) is 3.67. The molecular formula is C13H11N5OS2. The number of hydrogen-bond donors (Lipinski definition) is 2. The summed E-state index contributed by atoms with van der Waals surface area (Å²) < 4.78 is 0. The minimum Gasteiger partial charge on any atom is -0.397 e. The van der Waals surface area contributed by atoms with Crippen molar-refractivity contribution in [3.05, 3.63) is 28.2 Å². The van der Waals surface area contributed by atoms with Crippen LogP contribution in [0.4, 0.5) is 10.8 Å². The summed E-state index contributed by atoms with van der Waals surface area (Å²) in [5.41, 5.74) is 6.50. The minimum absolute atomic E-state index is 0.256. The molecule has 1 saturated carbocycles. The van der Waals surface area contributed by atoms with Gasteiger partial charge in [0.1, 0.15) is 14.7 Å². The number of pyridine rings is 1. The van der Waals surface area contributed by atoms with Crippen LogP contribution in [0.25, 0.3) is 10.2 Å². The lowest BCUT2D eigenvalue weighted by molar-refractivity contribution is 0.103. The summed E-state index contributed by atoms with van der Waals surface area (Å²) in [4.78, 5) is 17.8. The molecule has 1 amide bonds. The van der Waals surface area contributed by atoms with Crippen molar-refractivity contribution in [2.75, 3.05) is 11.1 Å². The van der Waals surface area contributed by atoms with E-state index in [0.29, 0.717) is 21.6 Å². The highest BCUT2D eigenvalue weighted by atomic mass is 32.1. The highest BCUT2D eigenvalue weighted by molar-refractivity contribution is 7.21. The first-order valence-corrected chi connectivity index (χ1v) is 8.13. The van der Waals surface area contributed by atoms with Crippen LogP contribution >= 0.6 is 22.7 Å². The topological polar surface area (TPSA) is 93.8 Å². The minimum atomic E-state index is -0.256. The zero-order valence-corrected chi connectivity index (χ0v) is 12.5. The van der Waals surface area contributed by atoms with Crippen LogP contribution in [0.3, 0.4) is 0 Å². The number of thiophene rings is 1. The van der Waals surface area contributed by atoms with E-state index < -0.39 is 0 Å². The summed E-state index contributed by atoms with van der Waals surface area (Å²) in [7, 11) is 0. The first-order valence-electron chi connectivity index (χ1n) is 6.50. The van der Waals surface area contributed by atoms with Gasteiger partial charge in [0.05, 0.1) is 5.69 Å². The third-order valence-electron chi connectivity index (χ3n) is 3.30. The van der Waals surface area contributed by atoms with Crippen molar-refractivity contribution in [3.63, 3.8) is 0 Å². The van der Waals surface area contributed by atoms with Crippen LogP contribution in [0.1, 0.15) is 33.4 Å². The molecule has 0 aliphatic heterocycles. The largest absolute Gasteiger partial charge is 0.397 e. The second kappa shape index (κ2) is 4.74. The van der Waals surface area contributed by atoms with Crippen LogP contribution in [0.5, 0.6) is 0 Å². The second-order valence-corrected chi connectivity index (χ2v) is 6.88. The molecule has 8 heteroatoms. The predicted octanol–water partition coefficient (Wildman–Crippen LogP) is 2.86.